The van der Waals surface area contributed by atoms with Gasteiger partial charge in [-0.1, -0.05) is 0 Å². The minimum atomic E-state index is -0.148. The van der Waals surface area contributed by atoms with Crippen LogP contribution in [0.3, 0.4) is 0 Å². The molecular weight excluding hydrogens is 196 g/mol. The maximum absolute atomic E-state index is 11.0. The van der Waals surface area contributed by atoms with E-state index in [9.17, 15) is 4.79 Å². The second kappa shape index (κ2) is 7.65. The fourth-order valence-electron chi connectivity index (χ4n) is 1.51. The number of carbonyl (C=O) groups excluding carboxylic acids is 1. The molecule has 1 saturated heterocycles. The van der Waals surface area contributed by atoms with Crippen LogP contribution in [0.4, 0.5) is 0 Å². The predicted molar refractivity (Wildman–Crippen MR) is 55.4 cm³/mol. The van der Waals surface area contributed by atoms with E-state index in [1.165, 1.54) is 6.42 Å². The standard InChI is InChI=1S/C11H20O4/c1-2-13-10(12)6-5-9-15-11-7-3-4-8-14-11/h11H,2-9H2,1H3. The van der Waals surface area contributed by atoms with Gasteiger partial charge in [-0.15, -0.1) is 0 Å². The molecule has 0 aliphatic carbocycles. The van der Waals surface area contributed by atoms with Gasteiger partial charge in [0.05, 0.1) is 13.2 Å². The van der Waals surface area contributed by atoms with Crippen molar-refractivity contribution in [1.29, 1.82) is 0 Å². The first kappa shape index (κ1) is 12.5. The van der Waals surface area contributed by atoms with Crippen LogP contribution < -0.4 is 0 Å². The van der Waals surface area contributed by atoms with Crippen molar-refractivity contribution in [1.82, 2.24) is 0 Å². The Morgan fingerprint density at radius 2 is 2.33 bits per heavy atom. The summed E-state index contributed by atoms with van der Waals surface area (Å²) >= 11 is 0. The molecule has 88 valence electrons. The van der Waals surface area contributed by atoms with Crippen LogP contribution in [0.15, 0.2) is 0 Å². The average Bonchev–Trinajstić information content (AvgIpc) is 2.26. The van der Waals surface area contributed by atoms with Crippen molar-refractivity contribution >= 4 is 5.97 Å². The van der Waals surface area contributed by atoms with Crippen molar-refractivity contribution in [3.8, 4) is 0 Å². The smallest absolute Gasteiger partial charge is 0.305 e. The molecule has 0 aromatic carbocycles. The van der Waals surface area contributed by atoms with Crippen LogP contribution in [0.2, 0.25) is 0 Å². The molecule has 0 radical (unpaired) electrons. The van der Waals surface area contributed by atoms with Gasteiger partial charge in [0.25, 0.3) is 0 Å². The Bertz CT molecular complexity index is 175. The molecule has 0 aromatic heterocycles. The number of ether oxygens (including phenoxy) is 3. The van der Waals surface area contributed by atoms with Crippen LogP contribution in [-0.4, -0.2) is 32.1 Å². The quantitative estimate of drug-likeness (QED) is 0.502. The summed E-state index contributed by atoms with van der Waals surface area (Å²) in [5.74, 6) is -0.148. The van der Waals surface area contributed by atoms with Gasteiger partial charge in [0.2, 0.25) is 0 Å². The van der Waals surface area contributed by atoms with Crippen molar-refractivity contribution in [2.75, 3.05) is 19.8 Å². The van der Waals surface area contributed by atoms with Gasteiger partial charge < -0.3 is 14.2 Å². The third kappa shape index (κ3) is 5.74. The van der Waals surface area contributed by atoms with E-state index in [1.807, 2.05) is 6.92 Å². The number of carbonyl (C=O) groups is 1. The van der Waals surface area contributed by atoms with Gasteiger partial charge in [0.1, 0.15) is 0 Å². The molecule has 0 aromatic rings. The summed E-state index contributed by atoms with van der Waals surface area (Å²) in [6, 6.07) is 0. The monoisotopic (exact) mass is 216 g/mol. The zero-order valence-electron chi connectivity index (χ0n) is 9.37. The topological polar surface area (TPSA) is 44.8 Å². The van der Waals surface area contributed by atoms with E-state index in [4.69, 9.17) is 14.2 Å². The molecule has 1 rings (SSSR count). The Balaban J connectivity index is 1.93. The SMILES string of the molecule is CCOC(=O)CCCOC1CCCCO1. The van der Waals surface area contributed by atoms with Gasteiger partial charge in [-0.05, 0) is 32.6 Å². The zero-order chi connectivity index (χ0) is 10.9. The summed E-state index contributed by atoms with van der Waals surface area (Å²) < 4.78 is 15.7. The molecule has 4 heteroatoms. The number of hydrogen-bond donors (Lipinski definition) is 0. The van der Waals surface area contributed by atoms with Crippen LogP contribution >= 0.6 is 0 Å². The summed E-state index contributed by atoms with van der Waals surface area (Å²) in [5, 5.41) is 0. The molecule has 0 bridgehead atoms. The van der Waals surface area contributed by atoms with Crippen LogP contribution in [0.1, 0.15) is 39.0 Å². The lowest BCUT2D eigenvalue weighted by molar-refractivity contribution is -0.164. The zero-order valence-corrected chi connectivity index (χ0v) is 9.37. The fraction of sp³-hybridized carbons (Fsp3) is 0.909. The Labute approximate surface area is 90.9 Å². The van der Waals surface area contributed by atoms with Crippen molar-refractivity contribution in [3.05, 3.63) is 0 Å². The molecule has 1 aliphatic rings. The third-order valence-electron chi connectivity index (χ3n) is 2.27. The first-order valence-electron chi connectivity index (χ1n) is 5.71. The average molecular weight is 216 g/mol. The molecule has 0 amide bonds. The van der Waals surface area contributed by atoms with Crippen molar-refractivity contribution in [2.45, 2.75) is 45.3 Å². The summed E-state index contributed by atoms with van der Waals surface area (Å²) in [6.07, 6.45) is 4.35. The first-order valence-corrected chi connectivity index (χ1v) is 5.71. The Morgan fingerprint density at radius 3 is 3.00 bits per heavy atom. The lowest BCUT2D eigenvalue weighted by Gasteiger charge is -2.22. The highest BCUT2D eigenvalue weighted by atomic mass is 16.7. The van der Waals surface area contributed by atoms with E-state index in [0.717, 1.165) is 19.4 Å². The van der Waals surface area contributed by atoms with Gasteiger partial charge in [-0.2, -0.15) is 0 Å². The predicted octanol–water partition coefficient (Wildman–Crippen LogP) is 1.87. The molecule has 1 heterocycles. The van der Waals surface area contributed by atoms with Gasteiger partial charge in [0.15, 0.2) is 6.29 Å². The van der Waals surface area contributed by atoms with Crippen LogP contribution in [0, 0.1) is 0 Å². The van der Waals surface area contributed by atoms with E-state index in [-0.39, 0.29) is 12.3 Å². The molecule has 0 N–H and O–H groups in total. The maximum atomic E-state index is 11.0. The first-order chi connectivity index (χ1) is 7.33. The Morgan fingerprint density at radius 1 is 1.47 bits per heavy atom. The number of hydrogen-bond acceptors (Lipinski definition) is 4. The second-order valence-corrected chi connectivity index (χ2v) is 3.58. The van der Waals surface area contributed by atoms with E-state index < -0.39 is 0 Å². The van der Waals surface area contributed by atoms with Crippen LogP contribution in [0.25, 0.3) is 0 Å². The molecule has 0 spiro atoms. The molecule has 15 heavy (non-hydrogen) atoms. The van der Waals surface area contributed by atoms with Crippen molar-refractivity contribution < 1.29 is 19.0 Å². The minimum absolute atomic E-state index is 0.0547. The molecular formula is C11H20O4. The van der Waals surface area contributed by atoms with Crippen LogP contribution in [-0.2, 0) is 19.0 Å². The molecule has 1 unspecified atom stereocenters. The lowest BCUT2D eigenvalue weighted by atomic mass is 10.2. The molecule has 0 saturated carbocycles. The number of rotatable bonds is 6. The highest BCUT2D eigenvalue weighted by molar-refractivity contribution is 5.69. The van der Waals surface area contributed by atoms with Gasteiger partial charge in [0, 0.05) is 13.0 Å². The highest BCUT2D eigenvalue weighted by Gasteiger charge is 2.13. The fourth-order valence-corrected chi connectivity index (χ4v) is 1.51. The summed E-state index contributed by atoms with van der Waals surface area (Å²) in [5.41, 5.74) is 0. The molecule has 1 fully saturated rings. The number of esters is 1. The molecule has 1 aliphatic heterocycles. The summed E-state index contributed by atoms with van der Waals surface area (Å²) in [6.45, 7) is 3.63. The van der Waals surface area contributed by atoms with Gasteiger partial charge >= 0.3 is 5.97 Å². The summed E-state index contributed by atoms with van der Waals surface area (Å²) in [4.78, 5) is 11.0. The van der Waals surface area contributed by atoms with E-state index >= 15 is 0 Å². The molecule has 4 nitrogen and oxygen atoms in total. The van der Waals surface area contributed by atoms with Gasteiger partial charge in [-0.25, -0.2) is 0 Å². The largest absolute Gasteiger partial charge is 0.466 e. The van der Waals surface area contributed by atoms with E-state index in [1.54, 1.807) is 0 Å². The highest BCUT2D eigenvalue weighted by Crippen LogP contribution is 2.13. The Hall–Kier alpha value is -0.610. The minimum Gasteiger partial charge on any atom is -0.466 e. The molecule has 1 atom stereocenters. The normalized spacial score (nSPS) is 21.3. The van der Waals surface area contributed by atoms with Crippen LogP contribution in [0.5, 0.6) is 0 Å². The van der Waals surface area contributed by atoms with E-state index in [2.05, 4.69) is 0 Å². The lowest BCUT2D eigenvalue weighted by Crippen LogP contribution is -2.22. The van der Waals surface area contributed by atoms with Gasteiger partial charge in [-0.3, -0.25) is 4.79 Å². The Kier molecular flexibility index (Phi) is 6.36. The van der Waals surface area contributed by atoms with Crippen molar-refractivity contribution in [2.24, 2.45) is 0 Å². The summed E-state index contributed by atoms with van der Waals surface area (Å²) in [7, 11) is 0. The second-order valence-electron chi connectivity index (χ2n) is 3.58. The third-order valence-corrected chi connectivity index (χ3v) is 2.27. The maximum Gasteiger partial charge on any atom is 0.305 e. The van der Waals surface area contributed by atoms with Crippen molar-refractivity contribution in [3.63, 3.8) is 0 Å². The van der Waals surface area contributed by atoms with E-state index in [0.29, 0.717) is 26.1 Å².